The van der Waals surface area contributed by atoms with Gasteiger partial charge in [0.1, 0.15) is 7.05 Å². The summed E-state index contributed by atoms with van der Waals surface area (Å²) >= 11 is 5.35. The largest absolute Gasteiger partial charge is 0.404 e. The van der Waals surface area contributed by atoms with Gasteiger partial charge in [-0.05, 0) is 4.92 Å². The van der Waals surface area contributed by atoms with E-state index in [4.69, 9.17) is 17.3 Å². The molecule has 0 rings (SSSR count). The number of hydrogen-bond donors (Lipinski definition) is 1. The van der Waals surface area contributed by atoms with Gasteiger partial charge in [-0.15, -0.1) is 11.6 Å². The molecule has 0 aromatic rings. The van der Waals surface area contributed by atoms with Crippen LogP contribution in [0, 0.1) is 10.1 Å². The number of hydrogen-bond acceptors (Lipinski definition) is 4. The lowest BCUT2D eigenvalue weighted by Crippen LogP contribution is -2.16. The van der Waals surface area contributed by atoms with Crippen molar-refractivity contribution in [1.29, 1.82) is 0 Å². The maximum absolute atomic E-state index is 10.2. The molecule has 2 N–H and O–H groups in total. The van der Waals surface area contributed by atoms with Gasteiger partial charge in [0.2, 0.25) is 0 Å². The van der Waals surface area contributed by atoms with Crippen LogP contribution in [0.5, 0.6) is 0 Å². The average Bonchev–Trinajstić information content (AvgIpc) is 1.99. The lowest BCUT2D eigenvalue weighted by Gasteiger charge is -1.97. The first-order valence-corrected chi connectivity index (χ1v) is 3.29. The Balaban J connectivity index is 4.65. The lowest BCUT2D eigenvalue weighted by atomic mass is 10.3. The molecule has 0 saturated heterocycles. The third-order valence-corrected chi connectivity index (χ3v) is 1.31. The number of alkyl halides is 1. The van der Waals surface area contributed by atoms with E-state index >= 15 is 0 Å². The molecule has 0 aromatic carbocycles. The molecule has 0 amide bonds. The van der Waals surface area contributed by atoms with Crippen LogP contribution in [0.1, 0.15) is 0 Å². The molecular weight excluding hydrogens is 170 g/mol. The van der Waals surface area contributed by atoms with Crippen LogP contribution >= 0.6 is 11.6 Å². The Kier molecular flexibility index (Phi) is 4.21. The monoisotopic (exact) mass is 177 g/mol. The fourth-order valence-electron chi connectivity index (χ4n) is 0.521. The number of rotatable bonds is 2. The normalized spacial score (nSPS) is 13.3. The third kappa shape index (κ3) is 2.55. The molecule has 6 heteroatoms. The minimum Gasteiger partial charge on any atom is -0.404 e. The van der Waals surface area contributed by atoms with Crippen molar-refractivity contribution < 1.29 is 4.92 Å². The van der Waals surface area contributed by atoms with Crippen molar-refractivity contribution in [2.45, 2.75) is 0 Å². The van der Waals surface area contributed by atoms with Crippen molar-refractivity contribution in [3.05, 3.63) is 21.9 Å². The predicted octanol–water partition coefficient (Wildman–Crippen LogP) is 0.373. The lowest BCUT2D eigenvalue weighted by molar-refractivity contribution is -0.349. The Morgan fingerprint density at radius 1 is 1.91 bits per heavy atom. The van der Waals surface area contributed by atoms with E-state index in [-0.39, 0.29) is 17.3 Å². The zero-order valence-corrected chi connectivity index (χ0v) is 6.71. The number of aliphatic imine (C=N–C) groups is 1. The summed E-state index contributed by atoms with van der Waals surface area (Å²) in [5.74, 6) is -0.299. The van der Waals surface area contributed by atoms with Gasteiger partial charge < -0.3 is 15.8 Å². The highest BCUT2D eigenvalue weighted by Gasteiger charge is 2.15. The van der Waals surface area contributed by atoms with Crippen molar-refractivity contribution in [1.82, 2.24) is 0 Å². The van der Waals surface area contributed by atoms with Crippen LogP contribution in [0.3, 0.4) is 0 Å². The topological polar surface area (TPSA) is 81.5 Å². The number of nitro groups is 1. The molecule has 0 fully saturated rings. The minimum atomic E-state index is -0.624. The Labute approximate surface area is 68.7 Å². The zero-order chi connectivity index (χ0) is 8.85. The zero-order valence-electron chi connectivity index (χ0n) is 5.95. The molecule has 0 unspecified atom stereocenters. The van der Waals surface area contributed by atoms with Gasteiger partial charge in [-0.25, -0.2) is 0 Å². The van der Waals surface area contributed by atoms with Gasteiger partial charge in [-0.2, -0.15) is 0 Å². The smallest absolute Gasteiger partial charge is 0.363 e. The maximum atomic E-state index is 10.2. The Hall–Kier alpha value is -1.10. The Bertz CT molecular complexity index is 212. The van der Waals surface area contributed by atoms with Crippen molar-refractivity contribution in [2.24, 2.45) is 10.7 Å². The van der Waals surface area contributed by atoms with Crippen molar-refractivity contribution >= 4 is 17.4 Å². The molecule has 0 aliphatic heterocycles. The second kappa shape index (κ2) is 4.68. The number of nitrogens with zero attached hydrogens (tertiary/aromatic N) is 2. The highest BCUT2D eigenvalue weighted by molar-refractivity contribution is 6.22. The van der Waals surface area contributed by atoms with Crippen LogP contribution in [-0.2, 0) is 0 Å². The molecule has 0 aliphatic carbocycles. The van der Waals surface area contributed by atoms with Gasteiger partial charge in [0.15, 0.2) is 0 Å². The van der Waals surface area contributed by atoms with E-state index in [2.05, 4.69) is 4.99 Å². The Morgan fingerprint density at radius 3 is 2.55 bits per heavy atom. The summed E-state index contributed by atoms with van der Waals surface area (Å²) in [6.07, 6.45) is 1.08. The summed E-state index contributed by atoms with van der Waals surface area (Å²) in [7, 11) is 1.31. The fraction of sp³-hybridized carbons (Fsp3) is 0.400. The molecule has 0 aromatic heterocycles. The van der Waals surface area contributed by atoms with Crippen LogP contribution in [-0.4, -0.2) is 23.7 Å². The standard InChI is InChI=1S/C5H8ClN3O2/c1-8-5(9(10)11)4(2-6)3-7/h3H,2,7H2,1H3/b4-3-,8-5?. The molecule has 11 heavy (non-hydrogen) atoms. The highest BCUT2D eigenvalue weighted by Crippen LogP contribution is 1.99. The average molecular weight is 178 g/mol. The quantitative estimate of drug-likeness (QED) is 0.218. The SMILES string of the molecule is CN=C(/C(=C\N)CCl)[N+](=O)[O-]. The second-order valence-corrected chi connectivity index (χ2v) is 1.90. The van der Waals surface area contributed by atoms with Crippen LogP contribution in [0.25, 0.3) is 0 Å². The first-order valence-electron chi connectivity index (χ1n) is 2.75. The van der Waals surface area contributed by atoms with Gasteiger partial charge in [0, 0.05) is 6.20 Å². The highest BCUT2D eigenvalue weighted by atomic mass is 35.5. The summed E-state index contributed by atoms with van der Waals surface area (Å²) in [5, 5.41) is 10.2. The van der Waals surface area contributed by atoms with Gasteiger partial charge in [-0.3, -0.25) is 0 Å². The third-order valence-electron chi connectivity index (χ3n) is 1.02. The number of nitrogens with two attached hydrogens (primary N) is 1. The fourth-order valence-corrected chi connectivity index (χ4v) is 0.730. The van der Waals surface area contributed by atoms with Crippen molar-refractivity contribution in [2.75, 3.05) is 12.9 Å². The first kappa shape index (κ1) is 9.90. The first-order chi connectivity index (χ1) is 5.17. The summed E-state index contributed by atoms with van der Waals surface area (Å²) < 4.78 is 0. The van der Waals surface area contributed by atoms with Crippen LogP contribution in [0.2, 0.25) is 0 Å². The summed E-state index contributed by atoms with van der Waals surface area (Å²) in [4.78, 5) is 13.0. The van der Waals surface area contributed by atoms with Crippen LogP contribution in [0.4, 0.5) is 0 Å². The van der Waals surface area contributed by atoms with E-state index in [1.165, 1.54) is 7.05 Å². The van der Waals surface area contributed by atoms with E-state index < -0.39 is 4.92 Å². The molecular formula is C5H8ClN3O2. The summed E-state index contributed by atoms with van der Waals surface area (Å²) in [5.41, 5.74) is 5.29. The predicted molar refractivity (Wildman–Crippen MR) is 43.3 cm³/mol. The molecule has 0 bridgehead atoms. The van der Waals surface area contributed by atoms with E-state index in [0.29, 0.717) is 0 Å². The summed E-state index contributed by atoms with van der Waals surface area (Å²) in [6.45, 7) is 0. The minimum absolute atomic E-state index is 0.00977. The molecule has 5 nitrogen and oxygen atoms in total. The molecule has 0 atom stereocenters. The van der Waals surface area contributed by atoms with Crippen LogP contribution < -0.4 is 5.73 Å². The number of halogens is 1. The van der Waals surface area contributed by atoms with E-state index in [9.17, 15) is 10.1 Å². The molecule has 62 valence electrons. The van der Waals surface area contributed by atoms with Gasteiger partial charge >= 0.3 is 5.84 Å². The van der Waals surface area contributed by atoms with Crippen LogP contribution in [0.15, 0.2) is 16.8 Å². The second-order valence-electron chi connectivity index (χ2n) is 1.63. The maximum Gasteiger partial charge on any atom is 0.363 e. The molecule has 0 heterocycles. The van der Waals surface area contributed by atoms with E-state index in [1.807, 2.05) is 0 Å². The Morgan fingerprint density at radius 2 is 2.45 bits per heavy atom. The van der Waals surface area contributed by atoms with Gasteiger partial charge in [0.05, 0.1) is 11.5 Å². The molecule has 0 aliphatic rings. The van der Waals surface area contributed by atoms with Crippen molar-refractivity contribution in [3.63, 3.8) is 0 Å². The number of amidine groups is 1. The van der Waals surface area contributed by atoms with Crippen molar-refractivity contribution in [3.8, 4) is 0 Å². The van der Waals surface area contributed by atoms with E-state index in [1.54, 1.807) is 0 Å². The van der Waals surface area contributed by atoms with E-state index in [0.717, 1.165) is 6.20 Å². The van der Waals surface area contributed by atoms with Gasteiger partial charge in [-0.1, -0.05) is 4.99 Å². The van der Waals surface area contributed by atoms with Gasteiger partial charge in [0.25, 0.3) is 0 Å². The summed E-state index contributed by atoms with van der Waals surface area (Å²) in [6, 6.07) is 0. The molecule has 0 radical (unpaired) electrons. The molecule has 0 saturated carbocycles. The molecule has 0 spiro atoms.